The molecule has 0 aliphatic carbocycles. The SMILES string of the molecule is O=C(Cc1cccs1)Nn1cnc2c(cnn2-c2ccccc2)c1=O. The Kier molecular flexibility index (Phi) is 3.87. The van der Waals surface area contributed by atoms with Crippen molar-refractivity contribution >= 4 is 28.3 Å². The zero-order valence-electron chi connectivity index (χ0n) is 13.0. The summed E-state index contributed by atoms with van der Waals surface area (Å²) in [4.78, 5) is 29.9. The van der Waals surface area contributed by atoms with E-state index in [9.17, 15) is 9.59 Å². The zero-order valence-corrected chi connectivity index (χ0v) is 13.8. The standard InChI is InChI=1S/C17H13N5O2S/c23-15(9-13-7-4-8-25-13)20-21-11-18-16-14(17(21)24)10-19-22(16)12-5-2-1-3-6-12/h1-8,10-11H,9H2,(H,20,23). The summed E-state index contributed by atoms with van der Waals surface area (Å²) in [6.45, 7) is 0. The molecule has 3 aromatic heterocycles. The number of thiophene rings is 1. The summed E-state index contributed by atoms with van der Waals surface area (Å²) in [5, 5.41) is 6.48. The Morgan fingerprint density at radius 1 is 1.16 bits per heavy atom. The Hall–Kier alpha value is -3.26. The van der Waals surface area contributed by atoms with Crippen molar-refractivity contribution in [2.75, 3.05) is 5.43 Å². The van der Waals surface area contributed by atoms with Crippen LogP contribution in [0.4, 0.5) is 0 Å². The van der Waals surface area contributed by atoms with E-state index in [0.717, 1.165) is 15.2 Å². The molecule has 124 valence electrons. The lowest BCUT2D eigenvalue weighted by Crippen LogP contribution is -2.33. The van der Waals surface area contributed by atoms with Crippen molar-refractivity contribution in [3.63, 3.8) is 0 Å². The molecule has 4 rings (SSSR count). The van der Waals surface area contributed by atoms with E-state index in [1.165, 1.54) is 23.9 Å². The van der Waals surface area contributed by atoms with Crippen molar-refractivity contribution in [1.29, 1.82) is 0 Å². The molecular formula is C17H13N5O2S. The van der Waals surface area contributed by atoms with Gasteiger partial charge in [-0.25, -0.2) is 14.3 Å². The first-order valence-electron chi connectivity index (χ1n) is 7.55. The van der Waals surface area contributed by atoms with Crippen LogP contribution in [0.1, 0.15) is 4.88 Å². The average molecular weight is 351 g/mol. The number of fused-ring (bicyclic) bond motifs is 1. The summed E-state index contributed by atoms with van der Waals surface area (Å²) in [7, 11) is 0. The van der Waals surface area contributed by atoms with E-state index in [4.69, 9.17) is 0 Å². The van der Waals surface area contributed by atoms with Gasteiger partial charge >= 0.3 is 0 Å². The molecule has 0 spiro atoms. The van der Waals surface area contributed by atoms with Gasteiger partial charge in [-0.3, -0.25) is 15.0 Å². The summed E-state index contributed by atoms with van der Waals surface area (Å²) in [5.74, 6) is -0.277. The van der Waals surface area contributed by atoms with Gasteiger partial charge in [0.25, 0.3) is 5.56 Å². The minimum atomic E-state index is -0.369. The van der Waals surface area contributed by atoms with Gasteiger partial charge < -0.3 is 0 Å². The Morgan fingerprint density at radius 3 is 2.76 bits per heavy atom. The lowest BCUT2D eigenvalue weighted by atomic mass is 10.3. The average Bonchev–Trinajstić information content (AvgIpc) is 3.28. The van der Waals surface area contributed by atoms with Crippen LogP contribution in [0.2, 0.25) is 0 Å². The van der Waals surface area contributed by atoms with E-state index < -0.39 is 0 Å². The number of aromatic nitrogens is 4. The molecule has 0 saturated heterocycles. The normalized spacial score (nSPS) is 10.9. The zero-order chi connectivity index (χ0) is 17.2. The molecule has 7 nitrogen and oxygen atoms in total. The third-order valence-corrected chi connectivity index (χ3v) is 4.53. The first-order valence-corrected chi connectivity index (χ1v) is 8.43. The Bertz CT molecular complexity index is 1080. The number of carbonyl (C=O) groups is 1. The summed E-state index contributed by atoms with van der Waals surface area (Å²) in [6, 6.07) is 13.2. The number of hydrogen-bond donors (Lipinski definition) is 1. The van der Waals surface area contributed by atoms with Crippen LogP contribution in [0.25, 0.3) is 16.7 Å². The molecule has 0 aliphatic heterocycles. The molecule has 1 amide bonds. The maximum atomic E-state index is 12.6. The predicted molar refractivity (Wildman–Crippen MR) is 95.5 cm³/mol. The summed E-state index contributed by atoms with van der Waals surface area (Å²) in [6.07, 6.45) is 2.98. The van der Waals surface area contributed by atoms with Crippen molar-refractivity contribution in [2.24, 2.45) is 0 Å². The molecule has 0 saturated carbocycles. The summed E-state index contributed by atoms with van der Waals surface area (Å²) in [5.41, 5.74) is 3.45. The van der Waals surface area contributed by atoms with Crippen LogP contribution in [-0.2, 0) is 11.2 Å². The van der Waals surface area contributed by atoms with Crippen LogP contribution in [0.3, 0.4) is 0 Å². The molecule has 3 heterocycles. The van der Waals surface area contributed by atoms with Gasteiger partial charge in [-0.1, -0.05) is 24.3 Å². The topological polar surface area (TPSA) is 81.8 Å². The quantitative estimate of drug-likeness (QED) is 0.609. The first-order chi connectivity index (χ1) is 12.2. The minimum Gasteiger partial charge on any atom is -0.273 e. The highest BCUT2D eigenvalue weighted by Crippen LogP contribution is 2.13. The Labute approximate surface area is 146 Å². The molecule has 0 atom stereocenters. The van der Waals surface area contributed by atoms with Crippen LogP contribution in [0.15, 0.2) is 65.2 Å². The monoisotopic (exact) mass is 351 g/mol. The molecule has 8 heteroatoms. The van der Waals surface area contributed by atoms with E-state index in [0.29, 0.717) is 11.0 Å². The summed E-state index contributed by atoms with van der Waals surface area (Å²) >= 11 is 1.49. The number of rotatable bonds is 4. The van der Waals surface area contributed by atoms with E-state index in [2.05, 4.69) is 15.5 Å². The van der Waals surface area contributed by atoms with Crippen LogP contribution in [0, 0.1) is 0 Å². The van der Waals surface area contributed by atoms with E-state index in [1.807, 2.05) is 47.8 Å². The third-order valence-electron chi connectivity index (χ3n) is 3.65. The van der Waals surface area contributed by atoms with Gasteiger partial charge in [0, 0.05) is 4.88 Å². The van der Waals surface area contributed by atoms with Crippen molar-refractivity contribution < 1.29 is 4.79 Å². The van der Waals surface area contributed by atoms with Crippen molar-refractivity contribution in [3.8, 4) is 5.69 Å². The second-order valence-electron chi connectivity index (χ2n) is 5.34. The van der Waals surface area contributed by atoms with Gasteiger partial charge in [0.05, 0.1) is 18.3 Å². The highest BCUT2D eigenvalue weighted by molar-refractivity contribution is 7.10. The fraction of sp³-hybridized carbons (Fsp3) is 0.0588. The van der Waals surface area contributed by atoms with E-state index in [1.54, 1.807) is 4.68 Å². The number of nitrogens with zero attached hydrogens (tertiary/aromatic N) is 4. The third kappa shape index (κ3) is 2.94. The van der Waals surface area contributed by atoms with Crippen molar-refractivity contribution in [2.45, 2.75) is 6.42 Å². The van der Waals surface area contributed by atoms with Gasteiger partial charge in [0.2, 0.25) is 5.91 Å². The second kappa shape index (κ2) is 6.33. The highest BCUT2D eigenvalue weighted by atomic mass is 32.1. The Morgan fingerprint density at radius 2 is 2.00 bits per heavy atom. The molecule has 1 N–H and O–H groups in total. The fourth-order valence-electron chi connectivity index (χ4n) is 2.49. The van der Waals surface area contributed by atoms with Gasteiger partial charge in [-0.05, 0) is 23.6 Å². The number of amides is 1. The van der Waals surface area contributed by atoms with Crippen LogP contribution in [-0.4, -0.2) is 25.3 Å². The smallest absolute Gasteiger partial charge is 0.273 e. The maximum Gasteiger partial charge on any atom is 0.283 e. The number of nitrogens with one attached hydrogen (secondary N) is 1. The number of carbonyl (C=O) groups excluding carboxylic acids is 1. The fourth-order valence-corrected chi connectivity index (χ4v) is 3.20. The van der Waals surface area contributed by atoms with Crippen LogP contribution >= 0.6 is 11.3 Å². The number of para-hydroxylation sites is 1. The molecule has 0 bridgehead atoms. The molecule has 4 aromatic rings. The van der Waals surface area contributed by atoms with Crippen molar-refractivity contribution in [3.05, 3.63) is 75.6 Å². The van der Waals surface area contributed by atoms with E-state index in [-0.39, 0.29) is 17.9 Å². The molecule has 0 unspecified atom stereocenters. The highest BCUT2D eigenvalue weighted by Gasteiger charge is 2.13. The van der Waals surface area contributed by atoms with Crippen molar-refractivity contribution in [1.82, 2.24) is 19.4 Å². The predicted octanol–water partition coefficient (Wildman–Crippen LogP) is 1.96. The van der Waals surface area contributed by atoms with Gasteiger partial charge in [-0.15, -0.1) is 11.3 Å². The van der Waals surface area contributed by atoms with Gasteiger partial charge in [0.1, 0.15) is 11.7 Å². The number of benzene rings is 1. The lowest BCUT2D eigenvalue weighted by Gasteiger charge is -2.07. The molecule has 0 fully saturated rings. The molecule has 1 aromatic carbocycles. The largest absolute Gasteiger partial charge is 0.283 e. The molecule has 0 aliphatic rings. The second-order valence-corrected chi connectivity index (χ2v) is 6.37. The molecular weight excluding hydrogens is 338 g/mol. The van der Waals surface area contributed by atoms with Gasteiger partial charge in [0.15, 0.2) is 5.65 Å². The number of hydrogen-bond acceptors (Lipinski definition) is 5. The van der Waals surface area contributed by atoms with Crippen LogP contribution in [0.5, 0.6) is 0 Å². The van der Waals surface area contributed by atoms with E-state index >= 15 is 0 Å². The first kappa shape index (κ1) is 15.3. The Balaban J connectivity index is 1.65. The summed E-state index contributed by atoms with van der Waals surface area (Å²) < 4.78 is 2.68. The lowest BCUT2D eigenvalue weighted by molar-refractivity contribution is -0.116. The van der Waals surface area contributed by atoms with Crippen LogP contribution < -0.4 is 11.0 Å². The molecule has 0 radical (unpaired) electrons. The molecule has 25 heavy (non-hydrogen) atoms. The minimum absolute atomic E-state index is 0.214. The maximum absolute atomic E-state index is 12.6. The van der Waals surface area contributed by atoms with Gasteiger partial charge in [-0.2, -0.15) is 5.10 Å².